The third-order valence-corrected chi connectivity index (χ3v) is 1.97. The standard InChI is InChI=1S/C9H9N3O/c10-8-5-6-3-1-2-4-7(6)9(11-8)12-13/h1-4,13H,5H2,(H2,10,11,12). The van der Waals surface area contributed by atoms with Crippen LogP contribution >= 0.6 is 0 Å². The second-order valence-corrected chi connectivity index (χ2v) is 2.86. The molecule has 1 aromatic rings. The molecule has 2 rings (SSSR count). The molecular weight excluding hydrogens is 166 g/mol. The third kappa shape index (κ3) is 1.26. The summed E-state index contributed by atoms with van der Waals surface area (Å²) in [5.41, 5.74) is 7.46. The summed E-state index contributed by atoms with van der Waals surface area (Å²) in [5.74, 6) is 0.769. The van der Waals surface area contributed by atoms with E-state index >= 15 is 0 Å². The van der Waals surface area contributed by atoms with Gasteiger partial charge in [-0.3, -0.25) is 0 Å². The Morgan fingerprint density at radius 3 is 2.92 bits per heavy atom. The number of benzene rings is 1. The van der Waals surface area contributed by atoms with Crippen molar-refractivity contribution in [1.29, 1.82) is 0 Å². The fourth-order valence-electron chi connectivity index (χ4n) is 1.40. The number of aliphatic imine (C=N–C) groups is 1. The van der Waals surface area contributed by atoms with Gasteiger partial charge in [0.1, 0.15) is 5.84 Å². The zero-order valence-electron chi connectivity index (χ0n) is 6.94. The summed E-state index contributed by atoms with van der Waals surface area (Å²) in [6, 6.07) is 7.61. The summed E-state index contributed by atoms with van der Waals surface area (Å²) in [7, 11) is 0. The quantitative estimate of drug-likeness (QED) is 0.451. The van der Waals surface area contributed by atoms with Crippen molar-refractivity contribution in [1.82, 2.24) is 0 Å². The van der Waals surface area contributed by atoms with Crippen LogP contribution in [0, 0.1) is 0 Å². The van der Waals surface area contributed by atoms with E-state index in [9.17, 15) is 0 Å². The number of fused-ring (bicyclic) bond motifs is 1. The largest absolute Gasteiger partial charge is 0.409 e. The van der Waals surface area contributed by atoms with Crippen molar-refractivity contribution in [3.8, 4) is 0 Å². The van der Waals surface area contributed by atoms with Gasteiger partial charge in [0, 0.05) is 12.0 Å². The molecule has 0 bridgehead atoms. The SMILES string of the molecule is NC1=N/C(=N\O)c2ccccc2C1. The van der Waals surface area contributed by atoms with E-state index in [1.54, 1.807) is 0 Å². The van der Waals surface area contributed by atoms with Gasteiger partial charge in [-0.1, -0.05) is 29.4 Å². The predicted octanol–water partition coefficient (Wildman–Crippen LogP) is 0.736. The molecule has 0 fully saturated rings. The normalized spacial score (nSPS) is 18.2. The van der Waals surface area contributed by atoms with Gasteiger partial charge < -0.3 is 10.9 Å². The monoisotopic (exact) mass is 175 g/mol. The molecule has 0 spiro atoms. The van der Waals surface area contributed by atoms with Crippen molar-refractivity contribution in [3.05, 3.63) is 35.4 Å². The Kier molecular flexibility index (Phi) is 1.73. The molecule has 0 atom stereocenters. The molecule has 0 amide bonds. The Morgan fingerprint density at radius 1 is 1.38 bits per heavy atom. The Hall–Kier alpha value is -1.84. The van der Waals surface area contributed by atoms with E-state index < -0.39 is 0 Å². The highest BCUT2D eigenvalue weighted by Gasteiger charge is 2.15. The first-order chi connectivity index (χ1) is 6.31. The van der Waals surface area contributed by atoms with Gasteiger partial charge in [-0.2, -0.15) is 0 Å². The lowest BCUT2D eigenvalue weighted by Crippen LogP contribution is -2.23. The summed E-state index contributed by atoms with van der Waals surface area (Å²) >= 11 is 0. The molecule has 4 nitrogen and oxygen atoms in total. The molecule has 0 unspecified atom stereocenters. The van der Waals surface area contributed by atoms with E-state index in [1.807, 2.05) is 24.3 Å². The maximum atomic E-state index is 8.68. The van der Waals surface area contributed by atoms with E-state index in [-0.39, 0.29) is 0 Å². The van der Waals surface area contributed by atoms with Crippen molar-refractivity contribution < 1.29 is 5.21 Å². The van der Waals surface area contributed by atoms with Gasteiger partial charge in [0.2, 0.25) is 0 Å². The molecule has 1 aliphatic heterocycles. The number of oxime groups is 1. The number of nitrogens with two attached hydrogens (primary N) is 1. The average Bonchev–Trinajstić information content (AvgIpc) is 2.16. The van der Waals surface area contributed by atoms with Crippen molar-refractivity contribution in [3.63, 3.8) is 0 Å². The van der Waals surface area contributed by atoms with Gasteiger partial charge in [0.15, 0.2) is 5.84 Å². The Balaban J connectivity index is 2.58. The second-order valence-electron chi connectivity index (χ2n) is 2.86. The first kappa shape index (κ1) is 7.79. The van der Waals surface area contributed by atoms with Crippen molar-refractivity contribution >= 4 is 11.7 Å². The van der Waals surface area contributed by atoms with Crippen molar-refractivity contribution in [2.45, 2.75) is 6.42 Å². The molecule has 0 saturated heterocycles. The molecular formula is C9H9N3O. The minimum atomic E-state index is 0.291. The Labute approximate surface area is 75.4 Å². The molecule has 1 heterocycles. The number of hydrogen-bond donors (Lipinski definition) is 2. The Morgan fingerprint density at radius 2 is 2.15 bits per heavy atom. The fraction of sp³-hybridized carbons (Fsp3) is 0.111. The number of amidine groups is 2. The van der Waals surface area contributed by atoms with Crippen LogP contribution in [-0.2, 0) is 6.42 Å². The molecule has 66 valence electrons. The number of hydrogen-bond acceptors (Lipinski definition) is 3. The van der Waals surface area contributed by atoms with Crippen LogP contribution in [0.1, 0.15) is 11.1 Å². The van der Waals surface area contributed by atoms with Crippen LogP contribution in [0.25, 0.3) is 0 Å². The molecule has 0 aromatic heterocycles. The smallest absolute Gasteiger partial charge is 0.200 e. The van der Waals surface area contributed by atoms with E-state index in [0.717, 1.165) is 11.1 Å². The first-order valence-corrected chi connectivity index (χ1v) is 3.94. The molecule has 0 saturated carbocycles. The minimum Gasteiger partial charge on any atom is -0.409 e. The summed E-state index contributed by atoms with van der Waals surface area (Å²) in [4.78, 5) is 3.94. The highest BCUT2D eigenvalue weighted by Crippen LogP contribution is 2.15. The lowest BCUT2D eigenvalue weighted by molar-refractivity contribution is 0.318. The van der Waals surface area contributed by atoms with Crippen LogP contribution in [0.5, 0.6) is 0 Å². The summed E-state index contributed by atoms with van der Waals surface area (Å²) in [6.45, 7) is 0. The van der Waals surface area contributed by atoms with Crippen LogP contribution in [0.3, 0.4) is 0 Å². The van der Waals surface area contributed by atoms with Crippen LogP contribution in [0.4, 0.5) is 0 Å². The van der Waals surface area contributed by atoms with Gasteiger partial charge in [-0.05, 0) is 5.56 Å². The zero-order chi connectivity index (χ0) is 9.26. The fourth-order valence-corrected chi connectivity index (χ4v) is 1.40. The molecule has 13 heavy (non-hydrogen) atoms. The first-order valence-electron chi connectivity index (χ1n) is 3.94. The zero-order valence-corrected chi connectivity index (χ0v) is 6.94. The van der Waals surface area contributed by atoms with E-state index in [4.69, 9.17) is 10.9 Å². The van der Waals surface area contributed by atoms with Crippen molar-refractivity contribution in [2.75, 3.05) is 0 Å². The van der Waals surface area contributed by atoms with Crippen LogP contribution < -0.4 is 5.73 Å². The van der Waals surface area contributed by atoms with Crippen molar-refractivity contribution in [2.24, 2.45) is 15.9 Å². The van der Waals surface area contributed by atoms with Crippen LogP contribution in [0.2, 0.25) is 0 Å². The molecule has 4 heteroatoms. The Bertz CT molecular complexity index is 396. The summed E-state index contributed by atoms with van der Waals surface area (Å²) < 4.78 is 0. The van der Waals surface area contributed by atoms with E-state index in [2.05, 4.69) is 10.1 Å². The summed E-state index contributed by atoms with van der Waals surface area (Å²) in [5, 5.41) is 11.8. The number of rotatable bonds is 0. The molecule has 0 radical (unpaired) electrons. The topological polar surface area (TPSA) is 71.0 Å². The maximum absolute atomic E-state index is 8.68. The number of nitrogens with zero attached hydrogens (tertiary/aromatic N) is 2. The lowest BCUT2D eigenvalue weighted by Gasteiger charge is -2.13. The summed E-state index contributed by atoms with van der Waals surface area (Å²) in [6.07, 6.45) is 0.620. The second kappa shape index (κ2) is 2.90. The molecule has 3 N–H and O–H groups in total. The van der Waals surface area contributed by atoms with Gasteiger partial charge in [0.05, 0.1) is 0 Å². The van der Waals surface area contributed by atoms with E-state index in [1.165, 1.54) is 0 Å². The highest BCUT2D eigenvalue weighted by atomic mass is 16.4. The predicted molar refractivity (Wildman–Crippen MR) is 50.1 cm³/mol. The van der Waals surface area contributed by atoms with Gasteiger partial charge in [-0.15, -0.1) is 0 Å². The molecule has 1 aliphatic rings. The third-order valence-electron chi connectivity index (χ3n) is 1.97. The van der Waals surface area contributed by atoms with Gasteiger partial charge in [0.25, 0.3) is 0 Å². The molecule has 0 aliphatic carbocycles. The average molecular weight is 175 g/mol. The van der Waals surface area contributed by atoms with Crippen LogP contribution in [0.15, 0.2) is 34.4 Å². The minimum absolute atomic E-state index is 0.291. The van der Waals surface area contributed by atoms with Gasteiger partial charge in [-0.25, -0.2) is 4.99 Å². The van der Waals surface area contributed by atoms with Crippen LogP contribution in [-0.4, -0.2) is 16.9 Å². The highest BCUT2D eigenvalue weighted by molar-refractivity contribution is 6.10. The molecule has 1 aromatic carbocycles. The van der Waals surface area contributed by atoms with Gasteiger partial charge >= 0.3 is 0 Å². The maximum Gasteiger partial charge on any atom is 0.200 e. The lowest BCUT2D eigenvalue weighted by atomic mass is 10.0. The van der Waals surface area contributed by atoms with E-state index in [0.29, 0.717) is 18.1 Å².